The maximum absolute atomic E-state index is 12.9. The average molecular weight is 425 g/mol. The normalized spacial score (nSPS) is 17.0. The number of benzene rings is 2. The summed E-state index contributed by atoms with van der Waals surface area (Å²) in [5.41, 5.74) is 2.88. The smallest absolute Gasteiger partial charge is 0.272 e. The van der Waals surface area contributed by atoms with Gasteiger partial charge in [-0.05, 0) is 49.4 Å². The lowest BCUT2D eigenvalue weighted by molar-refractivity contribution is 0.0928. The molecule has 0 bridgehead atoms. The number of amides is 1. The maximum atomic E-state index is 12.9. The molecule has 1 amide bonds. The van der Waals surface area contributed by atoms with Crippen molar-refractivity contribution in [3.05, 3.63) is 89.7 Å². The van der Waals surface area contributed by atoms with Gasteiger partial charge in [0.2, 0.25) is 0 Å². The first kappa shape index (κ1) is 22.1. The second kappa shape index (κ2) is 11.0. The third kappa shape index (κ3) is 5.71. The molecule has 0 aliphatic carbocycles. The number of rotatable bonds is 7. The number of nitrogens with one attached hydrogen (secondary N) is 2. The number of aromatic nitrogens is 2. The fourth-order valence-electron chi connectivity index (χ4n) is 3.92. The van der Waals surface area contributed by atoms with Crippen LogP contribution in [0.25, 0.3) is 0 Å². The first-order valence-corrected chi connectivity index (χ1v) is 10.5. The van der Waals surface area contributed by atoms with Gasteiger partial charge in [0.15, 0.2) is 0 Å². The van der Waals surface area contributed by atoms with E-state index < -0.39 is 0 Å². The van der Waals surface area contributed by atoms with E-state index >= 15 is 0 Å². The Hall–Kier alpha value is -2.63. The molecule has 0 radical (unpaired) electrons. The maximum Gasteiger partial charge on any atom is 0.272 e. The number of hydrogen-bond donors (Lipinski definition) is 2. The van der Waals surface area contributed by atoms with E-state index in [2.05, 4.69) is 52.1 Å². The number of nitrogens with zero attached hydrogens (tertiary/aromatic N) is 2. The molecule has 1 aromatic heterocycles. The Morgan fingerprint density at radius 3 is 2.53 bits per heavy atom. The fraction of sp³-hybridized carbons (Fsp3) is 0.333. The molecule has 6 heteroatoms. The zero-order chi connectivity index (χ0) is 19.9. The predicted molar refractivity (Wildman–Crippen MR) is 122 cm³/mol. The molecular formula is C24H29ClN4O. The van der Waals surface area contributed by atoms with Gasteiger partial charge in [-0.1, -0.05) is 60.7 Å². The molecule has 2 unspecified atom stereocenters. The first-order valence-electron chi connectivity index (χ1n) is 10.5. The lowest BCUT2D eigenvalue weighted by atomic mass is 9.99. The van der Waals surface area contributed by atoms with Crippen LogP contribution in [-0.4, -0.2) is 28.8 Å². The van der Waals surface area contributed by atoms with Gasteiger partial charge in [0, 0.05) is 12.7 Å². The highest BCUT2D eigenvalue weighted by atomic mass is 35.5. The Morgan fingerprint density at radius 1 is 1.10 bits per heavy atom. The number of hydrogen-bond acceptors (Lipinski definition) is 3. The van der Waals surface area contributed by atoms with Gasteiger partial charge in [-0.25, -0.2) is 0 Å². The van der Waals surface area contributed by atoms with Crippen LogP contribution in [0, 0.1) is 0 Å². The van der Waals surface area contributed by atoms with Crippen molar-refractivity contribution in [1.29, 1.82) is 0 Å². The van der Waals surface area contributed by atoms with E-state index in [-0.39, 0.29) is 24.4 Å². The third-order valence-electron chi connectivity index (χ3n) is 5.56. The third-order valence-corrected chi connectivity index (χ3v) is 5.56. The van der Waals surface area contributed by atoms with E-state index in [0.29, 0.717) is 11.7 Å². The molecule has 1 saturated heterocycles. The van der Waals surface area contributed by atoms with Crippen molar-refractivity contribution >= 4 is 18.3 Å². The number of halogens is 1. The van der Waals surface area contributed by atoms with Crippen molar-refractivity contribution in [3.8, 4) is 0 Å². The van der Waals surface area contributed by atoms with Gasteiger partial charge in [0.25, 0.3) is 5.91 Å². The molecule has 1 aliphatic heterocycles. The van der Waals surface area contributed by atoms with Crippen molar-refractivity contribution in [2.45, 2.75) is 37.8 Å². The summed E-state index contributed by atoms with van der Waals surface area (Å²) in [7, 11) is 0. The highest BCUT2D eigenvalue weighted by Crippen LogP contribution is 2.21. The summed E-state index contributed by atoms with van der Waals surface area (Å²) < 4.78 is 1.93. The van der Waals surface area contributed by atoms with E-state index in [4.69, 9.17) is 0 Å². The summed E-state index contributed by atoms with van der Waals surface area (Å²) in [6, 6.07) is 22.7. The van der Waals surface area contributed by atoms with Crippen LogP contribution in [0.15, 0.2) is 72.9 Å². The number of piperidine rings is 1. The van der Waals surface area contributed by atoms with E-state index in [1.54, 1.807) is 0 Å². The van der Waals surface area contributed by atoms with Crippen LogP contribution < -0.4 is 10.6 Å². The Balaban J connectivity index is 0.00000256. The molecule has 1 aliphatic rings. The van der Waals surface area contributed by atoms with Gasteiger partial charge in [-0.15, -0.1) is 12.4 Å². The number of aryl methyl sites for hydroxylation is 1. The van der Waals surface area contributed by atoms with Gasteiger partial charge in [0.1, 0.15) is 5.69 Å². The van der Waals surface area contributed by atoms with Gasteiger partial charge >= 0.3 is 0 Å². The lowest BCUT2D eigenvalue weighted by Gasteiger charge is -2.23. The Labute approximate surface area is 184 Å². The standard InChI is InChI=1S/C24H28N4O.ClH/c29-24(23-15-17-28(27-23)21-12-7-16-25-18-21)26-22(20-10-5-2-6-11-20)14-13-19-8-3-1-4-9-19;/h1-6,8-11,15,17,21-22,25H,7,12-14,16,18H2,(H,26,29);1H. The monoisotopic (exact) mass is 424 g/mol. The van der Waals surface area contributed by atoms with Crippen LogP contribution >= 0.6 is 12.4 Å². The van der Waals surface area contributed by atoms with Crippen molar-refractivity contribution in [3.63, 3.8) is 0 Å². The van der Waals surface area contributed by atoms with E-state index in [1.165, 1.54) is 5.56 Å². The summed E-state index contributed by atoms with van der Waals surface area (Å²) in [6.45, 7) is 1.97. The Bertz CT molecular complexity index is 907. The van der Waals surface area contributed by atoms with E-state index in [9.17, 15) is 4.79 Å². The molecule has 2 aromatic carbocycles. The number of carbonyl (C=O) groups is 1. The molecule has 2 N–H and O–H groups in total. The van der Waals surface area contributed by atoms with Gasteiger partial charge in [-0.2, -0.15) is 5.10 Å². The molecule has 0 saturated carbocycles. The molecular weight excluding hydrogens is 396 g/mol. The fourth-order valence-corrected chi connectivity index (χ4v) is 3.92. The molecule has 1 fully saturated rings. The molecule has 158 valence electrons. The summed E-state index contributed by atoms with van der Waals surface area (Å²) in [6.07, 6.45) is 5.91. The largest absolute Gasteiger partial charge is 0.344 e. The van der Waals surface area contributed by atoms with Gasteiger partial charge in [-0.3, -0.25) is 9.48 Å². The van der Waals surface area contributed by atoms with Crippen molar-refractivity contribution in [1.82, 2.24) is 20.4 Å². The van der Waals surface area contributed by atoms with Crippen molar-refractivity contribution in [2.75, 3.05) is 13.1 Å². The van der Waals surface area contributed by atoms with Crippen LogP contribution in [0.3, 0.4) is 0 Å². The van der Waals surface area contributed by atoms with Crippen LogP contribution in [0.5, 0.6) is 0 Å². The zero-order valence-corrected chi connectivity index (χ0v) is 17.9. The van der Waals surface area contributed by atoms with Crippen LogP contribution in [-0.2, 0) is 6.42 Å². The minimum Gasteiger partial charge on any atom is -0.344 e. The predicted octanol–water partition coefficient (Wildman–Crippen LogP) is 4.33. The highest BCUT2D eigenvalue weighted by molar-refractivity contribution is 5.92. The zero-order valence-electron chi connectivity index (χ0n) is 17.0. The van der Waals surface area contributed by atoms with Crippen molar-refractivity contribution in [2.24, 2.45) is 0 Å². The molecule has 3 aromatic rings. The molecule has 5 nitrogen and oxygen atoms in total. The molecule has 0 spiro atoms. The van der Waals surface area contributed by atoms with Crippen LogP contribution in [0.1, 0.15) is 53.0 Å². The Kier molecular flexibility index (Phi) is 8.05. The molecule has 2 atom stereocenters. The second-order valence-electron chi connectivity index (χ2n) is 7.64. The summed E-state index contributed by atoms with van der Waals surface area (Å²) >= 11 is 0. The SMILES string of the molecule is Cl.O=C(NC(CCc1ccccc1)c1ccccc1)c1ccn(C2CCCNC2)n1. The summed E-state index contributed by atoms with van der Waals surface area (Å²) in [5, 5.41) is 11.2. The lowest BCUT2D eigenvalue weighted by Crippen LogP contribution is -2.32. The van der Waals surface area contributed by atoms with Crippen molar-refractivity contribution < 1.29 is 4.79 Å². The first-order chi connectivity index (χ1) is 14.3. The summed E-state index contributed by atoms with van der Waals surface area (Å²) in [5.74, 6) is -0.116. The number of carbonyl (C=O) groups excluding carboxylic acids is 1. The van der Waals surface area contributed by atoms with Crippen LogP contribution in [0.2, 0.25) is 0 Å². The van der Waals surface area contributed by atoms with Crippen LogP contribution in [0.4, 0.5) is 0 Å². The summed E-state index contributed by atoms with van der Waals surface area (Å²) in [4.78, 5) is 12.9. The minimum absolute atomic E-state index is 0. The van der Waals surface area contributed by atoms with Gasteiger partial charge < -0.3 is 10.6 Å². The molecule has 2 heterocycles. The second-order valence-corrected chi connectivity index (χ2v) is 7.64. The topological polar surface area (TPSA) is 59.0 Å². The highest BCUT2D eigenvalue weighted by Gasteiger charge is 2.20. The van der Waals surface area contributed by atoms with Gasteiger partial charge in [0.05, 0.1) is 12.1 Å². The minimum atomic E-state index is -0.116. The quantitative estimate of drug-likeness (QED) is 0.593. The molecule has 30 heavy (non-hydrogen) atoms. The Morgan fingerprint density at radius 2 is 1.83 bits per heavy atom. The molecule has 4 rings (SSSR count). The van der Waals surface area contributed by atoms with E-state index in [0.717, 1.165) is 44.3 Å². The average Bonchev–Trinajstić information content (AvgIpc) is 3.29. The van der Waals surface area contributed by atoms with E-state index in [1.807, 2.05) is 41.2 Å².